The average Bonchev–Trinajstić information content (AvgIpc) is 3.36. The number of likely N-dealkylation sites (N-methyl/N-ethyl adjacent to an activating group) is 1. The molecule has 4 aromatic rings. The zero-order valence-electron chi connectivity index (χ0n) is 18.2. The number of halogens is 1. The first-order chi connectivity index (χ1) is 15.5. The lowest BCUT2D eigenvalue weighted by atomic mass is 9.93. The van der Waals surface area contributed by atoms with Gasteiger partial charge in [0.25, 0.3) is 0 Å². The Morgan fingerprint density at radius 3 is 2.84 bits per heavy atom. The van der Waals surface area contributed by atoms with E-state index >= 15 is 0 Å². The van der Waals surface area contributed by atoms with Crippen LogP contribution in [-0.4, -0.2) is 62.5 Å². The molecule has 2 aliphatic heterocycles. The van der Waals surface area contributed by atoms with Crippen LogP contribution in [-0.2, 0) is 7.05 Å². The van der Waals surface area contributed by atoms with Crippen molar-refractivity contribution >= 4 is 39.2 Å². The van der Waals surface area contributed by atoms with Crippen molar-refractivity contribution in [2.45, 2.75) is 18.9 Å². The van der Waals surface area contributed by atoms with Gasteiger partial charge in [-0.3, -0.25) is 4.68 Å². The Hall–Kier alpha value is -2.90. The van der Waals surface area contributed by atoms with Crippen LogP contribution in [0.25, 0.3) is 33.2 Å². The molecule has 3 aromatic heterocycles. The maximum atomic E-state index is 10.6. The summed E-state index contributed by atoms with van der Waals surface area (Å²) in [6.45, 7) is 3.27. The van der Waals surface area contributed by atoms with Crippen LogP contribution >= 0.6 is 11.6 Å². The number of aromatic nitrogens is 4. The van der Waals surface area contributed by atoms with Crippen molar-refractivity contribution in [3.63, 3.8) is 0 Å². The van der Waals surface area contributed by atoms with E-state index in [2.05, 4.69) is 33.0 Å². The van der Waals surface area contributed by atoms with Crippen molar-refractivity contribution in [3.8, 4) is 17.0 Å². The number of aryl methyl sites for hydroxylation is 1. The predicted molar refractivity (Wildman–Crippen MR) is 127 cm³/mol. The number of hydrogen-bond donors (Lipinski definition) is 1. The molecule has 8 heteroatoms. The first kappa shape index (κ1) is 19.8. The minimum Gasteiger partial charge on any atom is -0.507 e. The summed E-state index contributed by atoms with van der Waals surface area (Å²) in [6, 6.07) is 8.07. The van der Waals surface area contributed by atoms with Gasteiger partial charge in [-0.25, -0.2) is 9.97 Å². The third-order valence-corrected chi connectivity index (χ3v) is 7.35. The van der Waals surface area contributed by atoms with Crippen molar-refractivity contribution in [1.82, 2.24) is 24.6 Å². The molecular formula is C24H25ClN6O. The van der Waals surface area contributed by atoms with Gasteiger partial charge >= 0.3 is 0 Å². The molecule has 5 heterocycles. The normalized spacial score (nSPS) is 21.5. The largest absolute Gasteiger partial charge is 0.507 e. The van der Waals surface area contributed by atoms with Gasteiger partial charge in [0.2, 0.25) is 0 Å². The molecule has 2 fully saturated rings. The molecule has 0 bridgehead atoms. The van der Waals surface area contributed by atoms with Gasteiger partial charge in [-0.2, -0.15) is 5.10 Å². The van der Waals surface area contributed by atoms with Crippen LogP contribution in [0.5, 0.6) is 5.75 Å². The number of aromatic hydroxyl groups is 1. The molecule has 2 atom stereocenters. The van der Waals surface area contributed by atoms with Gasteiger partial charge in [0, 0.05) is 54.8 Å². The minimum absolute atomic E-state index is 0.125. The van der Waals surface area contributed by atoms with Gasteiger partial charge in [-0.15, -0.1) is 0 Å². The summed E-state index contributed by atoms with van der Waals surface area (Å²) in [5.41, 5.74) is 3.62. The first-order valence-corrected chi connectivity index (χ1v) is 11.4. The molecular weight excluding hydrogens is 424 g/mol. The summed E-state index contributed by atoms with van der Waals surface area (Å²) in [5, 5.41) is 17.3. The van der Waals surface area contributed by atoms with Crippen LogP contribution in [0.15, 0.2) is 36.7 Å². The fourth-order valence-electron chi connectivity index (χ4n) is 5.37. The Bertz CT molecular complexity index is 1350. The van der Waals surface area contributed by atoms with E-state index in [4.69, 9.17) is 16.6 Å². The second-order valence-electron chi connectivity index (χ2n) is 9.14. The van der Waals surface area contributed by atoms with Crippen molar-refractivity contribution in [2.24, 2.45) is 13.0 Å². The first-order valence-electron chi connectivity index (χ1n) is 11.0. The van der Waals surface area contributed by atoms with E-state index in [9.17, 15) is 5.11 Å². The van der Waals surface area contributed by atoms with Gasteiger partial charge in [0.1, 0.15) is 5.75 Å². The SMILES string of the molecule is CN1CCC[C@H]2CN(c3cnc4nc(-c5cc6cn(C)nc6cc5O)cc(Cl)c4c3)C[C@H]21. The third-order valence-electron chi connectivity index (χ3n) is 7.04. The molecule has 0 saturated carbocycles. The summed E-state index contributed by atoms with van der Waals surface area (Å²) >= 11 is 6.71. The number of likely N-dealkylation sites (tertiary alicyclic amines) is 1. The third kappa shape index (κ3) is 3.19. The van der Waals surface area contributed by atoms with Crippen molar-refractivity contribution in [3.05, 3.63) is 41.7 Å². The molecule has 2 aliphatic rings. The van der Waals surface area contributed by atoms with Gasteiger partial charge in [0.05, 0.1) is 28.1 Å². The molecule has 0 amide bonds. The standard InChI is InChI=1S/C24H25ClN6O/c1-29-5-3-4-14-12-31(13-22(14)29)16-7-17-19(25)8-21(27-24(17)26-10-16)18-6-15-11-30(2)28-20(15)9-23(18)32/h6-11,14,22,32H,3-5,12-13H2,1-2H3/t14-,22+/m0/s1. The summed E-state index contributed by atoms with van der Waals surface area (Å²) in [7, 11) is 4.09. The summed E-state index contributed by atoms with van der Waals surface area (Å²) < 4.78 is 1.73. The van der Waals surface area contributed by atoms with Gasteiger partial charge in [-0.05, 0) is 50.6 Å². The number of anilines is 1. The lowest BCUT2D eigenvalue weighted by Gasteiger charge is -2.33. The van der Waals surface area contributed by atoms with Crippen LogP contribution in [0, 0.1) is 5.92 Å². The molecule has 0 radical (unpaired) electrons. The monoisotopic (exact) mass is 448 g/mol. The lowest BCUT2D eigenvalue weighted by Crippen LogP contribution is -2.42. The highest BCUT2D eigenvalue weighted by Gasteiger charge is 2.37. The van der Waals surface area contributed by atoms with Gasteiger partial charge < -0.3 is 14.9 Å². The molecule has 7 nitrogen and oxygen atoms in total. The number of fused-ring (bicyclic) bond motifs is 3. The van der Waals surface area contributed by atoms with E-state index in [-0.39, 0.29) is 5.75 Å². The van der Waals surface area contributed by atoms with E-state index in [0.29, 0.717) is 33.9 Å². The molecule has 0 unspecified atom stereocenters. The van der Waals surface area contributed by atoms with E-state index in [1.54, 1.807) is 10.7 Å². The molecule has 6 rings (SSSR count). The quantitative estimate of drug-likeness (QED) is 0.498. The lowest BCUT2D eigenvalue weighted by molar-refractivity contribution is 0.158. The fraction of sp³-hybridized carbons (Fsp3) is 0.375. The number of rotatable bonds is 2. The maximum absolute atomic E-state index is 10.6. The topological polar surface area (TPSA) is 70.3 Å². The average molecular weight is 449 g/mol. The highest BCUT2D eigenvalue weighted by molar-refractivity contribution is 6.35. The molecule has 0 aliphatic carbocycles. The summed E-state index contributed by atoms with van der Waals surface area (Å²) in [6.07, 6.45) is 6.38. The zero-order valence-corrected chi connectivity index (χ0v) is 18.9. The van der Waals surface area contributed by atoms with Crippen molar-refractivity contribution in [2.75, 3.05) is 31.6 Å². The number of phenolic OH excluding ortho intramolecular Hbond substituents is 1. The van der Waals surface area contributed by atoms with E-state index in [0.717, 1.165) is 35.1 Å². The Morgan fingerprint density at radius 1 is 1.12 bits per heavy atom. The fourth-order valence-corrected chi connectivity index (χ4v) is 5.61. The Kier molecular flexibility index (Phi) is 4.52. The Balaban J connectivity index is 1.37. The van der Waals surface area contributed by atoms with Crippen LogP contribution in [0.1, 0.15) is 12.8 Å². The number of piperidine rings is 1. The van der Waals surface area contributed by atoms with Crippen molar-refractivity contribution < 1.29 is 5.11 Å². The van der Waals surface area contributed by atoms with E-state index < -0.39 is 0 Å². The minimum atomic E-state index is 0.125. The van der Waals surface area contributed by atoms with Gasteiger partial charge in [0.15, 0.2) is 5.65 Å². The van der Waals surface area contributed by atoms with Crippen LogP contribution in [0.4, 0.5) is 5.69 Å². The molecule has 32 heavy (non-hydrogen) atoms. The second-order valence-corrected chi connectivity index (χ2v) is 9.55. The van der Waals surface area contributed by atoms with Crippen molar-refractivity contribution in [1.29, 1.82) is 0 Å². The Labute approximate surface area is 191 Å². The number of phenols is 1. The number of pyridine rings is 2. The molecule has 1 N–H and O–H groups in total. The molecule has 2 saturated heterocycles. The summed E-state index contributed by atoms with van der Waals surface area (Å²) in [5.74, 6) is 0.838. The predicted octanol–water partition coefficient (Wildman–Crippen LogP) is 4.07. The molecule has 164 valence electrons. The van der Waals surface area contributed by atoms with Crippen LogP contribution in [0.3, 0.4) is 0 Å². The highest BCUT2D eigenvalue weighted by atomic mass is 35.5. The molecule has 0 spiro atoms. The number of hydrogen-bond acceptors (Lipinski definition) is 6. The smallest absolute Gasteiger partial charge is 0.161 e. The van der Waals surface area contributed by atoms with E-state index in [1.807, 2.05) is 31.6 Å². The van der Waals surface area contributed by atoms with Crippen LogP contribution < -0.4 is 4.90 Å². The number of benzene rings is 1. The zero-order chi connectivity index (χ0) is 22.0. The van der Waals surface area contributed by atoms with Crippen LogP contribution in [0.2, 0.25) is 5.02 Å². The van der Waals surface area contributed by atoms with E-state index in [1.165, 1.54) is 19.4 Å². The second kappa shape index (κ2) is 7.32. The summed E-state index contributed by atoms with van der Waals surface area (Å²) in [4.78, 5) is 14.3. The number of nitrogens with zero attached hydrogens (tertiary/aromatic N) is 6. The maximum Gasteiger partial charge on any atom is 0.161 e. The van der Waals surface area contributed by atoms with Gasteiger partial charge in [-0.1, -0.05) is 11.6 Å². The highest BCUT2D eigenvalue weighted by Crippen LogP contribution is 2.37. The Morgan fingerprint density at radius 2 is 2.00 bits per heavy atom. The molecule has 1 aromatic carbocycles.